The Morgan fingerprint density at radius 3 is 2.24 bits per heavy atom. The number of anilines is 2. The first-order chi connectivity index (χ1) is 11.9. The van der Waals surface area contributed by atoms with Crippen LogP contribution in [0.25, 0.3) is 0 Å². The Morgan fingerprint density at radius 2 is 1.76 bits per heavy atom. The molecule has 0 unspecified atom stereocenters. The molecule has 0 aliphatic rings. The van der Waals surface area contributed by atoms with Crippen molar-refractivity contribution in [3.63, 3.8) is 0 Å². The SMILES string of the molecule is C=C(C)CN(CC)c1ccc(S(=O)(=O)N(CC)c2ccccc2)cn1. The molecule has 0 atom stereocenters. The summed E-state index contributed by atoms with van der Waals surface area (Å²) in [5.74, 6) is 0.743. The predicted octanol–water partition coefficient (Wildman–Crippen LogP) is 3.70. The van der Waals surface area contributed by atoms with Crippen molar-refractivity contribution in [3.05, 3.63) is 60.8 Å². The third kappa shape index (κ3) is 4.39. The van der Waals surface area contributed by atoms with Gasteiger partial charge in [-0.15, -0.1) is 0 Å². The van der Waals surface area contributed by atoms with Gasteiger partial charge in [0, 0.05) is 25.8 Å². The average molecular weight is 359 g/mol. The van der Waals surface area contributed by atoms with Gasteiger partial charge in [-0.2, -0.15) is 0 Å². The Labute approximate surface area is 150 Å². The zero-order chi connectivity index (χ0) is 18.4. The lowest BCUT2D eigenvalue weighted by Gasteiger charge is -2.24. The summed E-state index contributed by atoms with van der Waals surface area (Å²) in [5, 5.41) is 0. The summed E-state index contributed by atoms with van der Waals surface area (Å²) in [4.78, 5) is 6.60. The van der Waals surface area contributed by atoms with Crippen molar-refractivity contribution in [2.24, 2.45) is 0 Å². The van der Waals surface area contributed by atoms with Crippen molar-refractivity contribution in [1.29, 1.82) is 0 Å². The predicted molar refractivity (Wildman–Crippen MR) is 104 cm³/mol. The van der Waals surface area contributed by atoms with Crippen molar-refractivity contribution in [1.82, 2.24) is 4.98 Å². The molecule has 0 fully saturated rings. The second kappa shape index (κ2) is 8.16. The summed E-state index contributed by atoms with van der Waals surface area (Å²) in [6.07, 6.45) is 1.43. The van der Waals surface area contributed by atoms with E-state index < -0.39 is 10.0 Å². The Kier molecular flexibility index (Phi) is 6.20. The van der Waals surface area contributed by atoms with E-state index in [2.05, 4.69) is 11.6 Å². The number of benzene rings is 1. The third-order valence-corrected chi connectivity index (χ3v) is 5.69. The Bertz CT molecular complexity index is 802. The summed E-state index contributed by atoms with van der Waals surface area (Å²) in [6, 6.07) is 12.4. The van der Waals surface area contributed by atoms with Crippen LogP contribution in [-0.4, -0.2) is 33.0 Å². The molecule has 6 heteroatoms. The minimum absolute atomic E-state index is 0.188. The fraction of sp³-hybridized carbons (Fsp3) is 0.316. The molecule has 0 bridgehead atoms. The van der Waals surface area contributed by atoms with Gasteiger partial charge in [-0.05, 0) is 45.0 Å². The lowest BCUT2D eigenvalue weighted by atomic mass is 10.3. The normalized spacial score (nSPS) is 11.2. The minimum atomic E-state index is -3.64. The van der Waals surface area contributed by atoms with E-state index in [9.17, 15) is 8.42 Å². The fourth-order valence-corrected chi connectivity index (χ4v) is 4.03. The van der Waals surface area contributed by atoms with Crippen LogP contribution in [0.3, 0.4) is 0 Å². The summed E-state index contributed by atoms with van der Waals surface area (Å²) in [7, 11) is -3.64. The first-order valence-corrected chi connectivity index (χ1v) is 9.77. The summed E-state index contributed by atoms with van der Waals surface area (Å²) in [5.41, 5.74) is 1.67. The van der Waals surface area contributed by atoms with Gasteiger partial charge in [-0.1, -0.05) is 30.4 Å². The molecule has 5 nitrogen and oxygen atoms in total. The number of aromatic nitrogens is 1. The molecular weight excluding hydrogens is 334 g/mol. The summed E-state index contributed by atoms with van der Waals surface area (Å²) in [6.45, 7) is 11.6. The van der Waals surface area contributed by atoms with E-state index in [1.165, 1.54) is 10.5 Å². The standard InChI is InChI=1S/C19H25N3O2S/c1-5-21(15-16(3)4)19-13-12-18(14-20-19)25(23,24)22(6-2)17-10-8-7-9-11-17/h7-14H,3,5-6,15H2,1-2,4H3. The number of hydrogen-bond donors (Lipinski definition) is 0. The molecule has 1 heterocycles. The Hall–Kier alpha value is -2.34. The first kappa shape index (κ1) is 19.0. The van der Waals surface area contributed by atoms with Crippen LogP contribution in [0, 0.1) is 0 Å². The highest BCUT2D eigenvalue weighted by Crippen LogP contribution is 2.24. The van der Waals surface area contributed by atoms with Crippen LogP contribution >= 0.6 is 0 Å². The van der Waals surface area contributed by atoms with Crippen molar-refractivity contribution in [3.8, 4) is 0 Å². The molecular formula is C19H25N3O2S. The molecule has 0 amide bonds. The second-order valence-electron chi connectivity index (χ2n) is 5.83. The number of pyridine rings is 1. The molecule has 1 aromatic heterocycles. The van der Waals surface area contributed by atoms with E-state index in [1.807, 2.05) is 43.9 Å². The first-order valence-electron chi connectivity index (χ1n) is 8.33. The van der Waals surface area contributed by atoms with Gasteiger partial charge >= 0.3 is 0 Å². The maximum Gasteiger partial charge on any atom is 0.265 e. The number of nitrogens with zero attached hydrogens (tertiary/aromatic N) is 3. The van der Waals surface area contributed by atoms with Gasteiger partial charge in [0.05, 0.1) is 5.69 Å². The zero-order valence-corrected chi connectivity index (χ0v) is 15.8. The van der Waals surface area contributed by atoms with Crippen LogP contribution in [0.1, 0.15) is 20.8 Å². The quantitative estimate of drug-likeness (QED) is 0.675. The van der Waals surface area contributed by atoms with E-state index >= 15 is 0 Å². The molecule has 0 radical (unpaired) electrons. The highest BCUT2D eigenvalue weighted by Gasteiger charge is 2.24. The van der Waals surface area contributed by atoms with Gasteiger partial charge in [-0.3, -0.25) is 4.31 Å². The smallest absolute Gasteiger partial charge is 0.265 e. The zero-order valence-electron chi connectivity index (χ0n) is 15.0. The maximum atomic E-state index is 13.0. The van der Waals surface area contributed by atoms with Crippen molar-refractivity contribution < 1.29 is 8.42 Å². The van der Waals surface area contributed by atoms with Gasteiger partial charge in [0.1, 0.15) is 10.7 Å². The van der Waals surface area contributed by atoms with E-state index in [0.717, 1.165) is 17.9 Å². The van der Waals surface area contributed by atoms with Gasteiger partial charge in [-0.25, -0.2) is 13.4 Å². The van der Waals surface area contributed by atoms with Crippen LogP contribution in [0.5, 0.6) is 0 Å². The van der Waals surface area contributed by atoms with E-state index in [-0.39, 0.29) is 4.90 Å². The topological polar surface area (TPSA) is 53.5 Å². The largest absolute Gasteiger partial charge is 0.353 e. The lowest BCUT2D eigenvalue weighted by Crippen LogP contribution is -2.31. The van der Waals surface area contributed by atoms with Crippen LogP contribution in [-0.2, 0) is 10.0 Å². The van der Waals surface area contributed by atoms with E-state index in [0.29, 0.717) is 18.8 Å². The number of hydrogen-bond acceptors (Lipinski definition) is 4. The van der Waals surface area contributed by atoms with Crippen molar-refractivity contribution in [2.45, 2.75) is 25.7 Å². The molecule has 1 aromatic carbocycles. The molecule has 2 aromatic rings. The molecule has 25 heavy (non-hydrogen) atoms. The number of rotatable bonds is 8. The second-order valence-corrected chi connectivity index (χ2v) is 7.69. The van der Waals surface area contributed by atoms with Crippen LogP contribution in [0.4, 0.5) is 11.5 Å². The number of likely N-dealkylation sites (N-methyl/N-ethyl adjacent to an activating group) is 1. The van der Waals surface area contributed by atoms with Gasteiger partial charge in [0.25, 0.3) is 10.0 Å². The molecule has 2 rings (SSSR count). The molecule has 0 aliphatic heterocycles. The minimum Gasteiger partial charge on any atom is -0.353 e. The molecule has 0 aliphatic carbocycles. The van der Waals surface area contributed by atoms with Gasteiger partial charge < -0.3 is 4.90 Å². The highest BCUT2D eigenvalue weighted by molar-refractivity contribution is 7.92. The van der Waals surface area contributed by atoms with Crippen LogP contribution in [0.2, 0.25) is 0 Å². The molecule has 134 valence electrons. The summed E-state index contributed by atoms with van der Waals surface area (Å²) >= 11 is 0. The molecule has 0 saturated carbocycles. The lowest BCUT2D eigenvalue weighted by molar-refractivity contribution is 0.591. The van der Waals surface area contributed by atoms with Crippen molar-refractivity contribution in [2.75, 3.05) is 28.8 Å². The third-order valence-electron chi connectivity index (χ3n) is 3.81. The highest BCUT2D eigenvalue weighted by atomic mass is 32.2. The van der Waals surface area contributed by atoms with Crippen LogP contribution < -0.4 is 9.21 Å². The number of para-hydroxylation sites is 1. The molecule has 0 saturated heterocycles. The van der Waals surface area contributed by atoms with Gasteiger partial charge in [0.15, 0.2) is 0 Å². The average Bonchev–Trinajstić information content (AvgIpc) is 2.61. The van der Waals surface area contributed by atoms with Crippen molar-refractivity contribution >= 4 is 21.5 Å². The monoisotopic (exact) mass is 359 g/mol. The fourth-order valence-electron chi connectivity index (χ4n) is 2.61. The van der Waals surface area contributed by atoms with Crippen LogP contribution in [0.15, 0.2) is 65.7 Å². The summed E-state index contributed by atoms with van der Waals surface area (Å²) < 4.78 is 27.3. The molecule has 0 spiro atoms. The van der Waals surface area contributed by atoms with Gasteiger partial charge in [0.2, 0.25) is 0 Å². The maximum absolute atomic E-state index is 13.0. The van der Waals surface area contributed by atoms with E-state index in [1.54, 1.807) is 24.3 Å². The van der Waals surface area contributed by atoms with E-state index in [4.69, 9.17) is 0 Å². The Balaban J connectivity index is 2.32. The Morgan fingerprint density at radius 1 is 1.08 bits per heavy atom. The number of sulfonamides is 1. The molecule has 0 N–H and O–H groups in total.